The molecule has 0 radical (unpaired) electrons. The van der Waals surface area contributed by atoms with Crippen molar-refractivity contribution in [1.29, 1.82) is 0 Å². The van der Waals surface area contributed by atoms with Crippen LogP contribution in [0.25, 0.3) is 5.69 Å². The Kier molecular flexibility index (Phi) is 6.24. The number of aromatic nitrogens is 2. The van der Waals surface area contributed by atoms with Crippen molar-refractivity contribution in [2.75, 3.05) is 39.8 Å². The molecule has 1 saturated heterocycles. The summed E-state index contributed by atoms with van der Waals surface area (Å²) >= 11 is 0. The van der Waals surface area contributed by atoms with Crippen LogP contribution in [0.5, 0.6) is 0 Å². The Balaban J connectivity index is 1.42. The van der Waals surface area contributed by atoms with Gasteiger partial charge in [-0.2, -0.15) is 5.10 Å². The summed E-state index contributed by atoms with van der Waals surface area (Å²) in [6.07, 6.45) is 2.54. The minimum atomic E-state index is -0.334. The molecule has 1 amide bonds. The topological polar surface area (TPSA) is 53.4 Å². The van der Waals surface area contributed by atoms with Crippen LogP contribution in [-0.4, -0.2) is 65.3 Å². The van der Waals surface area contributed by atoms with E-state index in [1.54, 1.807) is 22.9 Å². The van der Waals surface area contributed by atoms with Crippen LogP contribution in [0.3, 0.4) is 0 Å². The van der Waals surface area contributed by atoms with Gasteiger partial charge in [-0.05, 0) is 44.0 Å². The van der Waals surface area contributed by atoms with Gasteiger partial charge in [0, 0.05) is 44.0 Å². The molecule has 1 aliphatic carbocycles. The number of para-hydroxylation sites is 1. The molecule has 1 aromatic heterocycles. The quantitative estimate of drug-likeness (QED) is 0.631. The standard InChI is InChI=1S/C26H30FN5O/c1-30-14-16-31(17-15-30)18-22(19-8-3-2-4-9-19)28-26(33)25-20-10-7-13-23(20)32(29-25)24-12-6-5-11-21(24)27/h2-6,8-9,11-12,22H,7,10,13-18H2,1H3,(H,28,33). The van der Waals surface area contributed by atoms with Crippen LogP contribution in [0, 0.1) is 5.82 Å². The Labute approximate surface area is 194 Å². The molecule has 0 saturated carbocycles. The van der Waals surface area contributed by atoms with Gasteiger partial charge in [-0.15, -0.1) is 0 Å². The molecule has 3 aromatic rings. The van der Waals surface area contributed by atoms with E-state index in [1.807, 2.05) is 18.2 Å². The fourth-order valence-corrected chi connectivity index (χ4v) is 4.88. The van der Waals surface area contributed by atoms with E-state index in [4.69, 9.17) is 0 Å². The number of piperazine rings is 1. The summed E-state index contributed by atoms with van der Waals surface area (Å²) in [7, 11) is 2.14. The zero-order chi connectivity index (χ0) is 22.8. The average Bonchev–Trinajstić information content (AvgIpc) is 3.44. The number of carbonyl (C=O) groups is 1. The number of amides is 1. The molecule has 1 N–H and O–H groups in total. The molecule has 1 unspecified atom stereocenters. The maximum atomic E-state index is 14.5. The zero-order valence-electron chi connectivity index (χ0n) is 19.0. The summed E-state index contributed by atoms with van der Waals surface area (Å²) in [5.74, 6) is -0.523. The van der Waals surface area contributed by atoms with Gasteiger partial charge >= 0.3 is 0 Å². The summed E-state index contributed by atoms with van der Waals surface area (Å²) in [5.41, 5.74) is 3.79. The number of nitrogens with zero attached hydrogens (tertiary/aromatic N) is 4. The smallest absolute Gasteiger partial charge is 0.272 e. The summed E-state index contributed by atoms with van der Waals surface area (Å²) in [6.45, 7) is 4.76. The van der Waals surface area contributed by atoms with E-state index >= 15 is 0 Å². The summed E-state index contributed by atoms with van der Waals surface area (Å²) in [6, 6.07) is 16.6. The Bertz CT molecular complexity index is 1120. The second-order valence-corrected chi connectivity index (χ2v) is 9.03. The van der Waals surface area contributed by atoms with Crippen molar-refractivity contribution in [3.05, 3.63) is 82.9 Å². The van der Waals surface area contributed by atoms with Crippen LogP contribution in [0.4, 0.5) is 4.39 Å². The number of hydrogen-bond donors (Lipinski definition) is 1. The predicted octanol–water partition coefficient (Wildman–Crippen LogP) is 3.22. The third-order valence-corrected chi connectivity index (χ3v) is 6.77. The highest BCUT2D eigenvalue weighted by molar-refractivity contribution is 5.94. The third kappa shape index (κ3) is 4.56. The van der Waals surface area contributed by atoms with Gasteiger partial charge in [-0.3, -0.25) is 9.69 Å². The highest BCUT2D eigenvalue weighted by Gasteiger charge is 2.29. The first-order valence-corrected chi connectivity index (χ1v) is 11.7. The lowest BCUT2D eigenvalue weighted by Crippen LogP contribution is -2.48. The first-order valence-electron chi connectivity index (χ1n) is 11.7. The van der Waals surface area contributed by atoms with Gasteiger partial charge in [0.2, 0.25) is 0 Å². The molecule has 6 nitrogen and oxygen atoms in total. The molecule has 1 atom stereocenters. The first-order chi connectivity index (χ1) is 16.1. The van der Waals surface area contributed by atoms with Gasteiger partial charge in [-0.25, -0.2) is 9.07 Å². The lowest BCUT2D eigenvalue weighted by atomic mass is 10.1. The number of benzene rings is 2. The van der Waals surface area contributed by atoms with Crippen LogP contribution in [0.1, 0.15) is 39.8 Å². The normalized spacial score (nSPS) is 17.6. The number of rotatable bonds is 6. The number of carbonyl (C=O) groups excluding carboxylic acids is 1. The molecule has 1 fully saturated rings. The average molecular weight is 448 g/mol. The fraction of sp³-hybridized carbons (Fsp3) is 0.385. The SMILES string of the molecule is CN1CCN(CC(NC(=O)c2nn(-c3ccccc3F)c3c2CCC3)c2ccccc2)CC1. The molecule has 7 heteroatoms. The molecule has 2 heterocycles. The van der Waals surface area contributed by atoms with E-state index < -0.39 is 0 Å². The molecular formula is C26H30FN5O. The van der Waals surface area contributed by atoms with Crippen molar-refractivity contribution < 1.29 is 9.18 Å². The fourth-order valence-electron chi connectivity index (χ4n) is 4.88. The summed E-state index contributed by atoms with van der Waals surface area (Å²) in [4.78, 5) is 18.2. The van der Waals surface area contributed by atoms with E-state index in [2.05, 4.69) is 39.4 Å². The molecule has 2 aliphatic rings. The van der Waals surface area contributed by atoms with Crippen LogP contribution < -0.4 is 5.32 Å². The Morgan fingerprint density at radius 1 is 1.03 bits per heavy atom. The van der Waals surface area contributed by atoms with Crippen LogP contribution in [-0.2, 0) is 12.8 Å². The van der Waals surface area contributed by atoms with Gasteiger partial charge in [-0.1, -0.05) is 42.5 Å². The Morgan fingerprint density at radius 2 is 1.76 bits per heavy atom. The second-order valence-electron chi connectivity index (χ2n) is 9.03. The molecular weight excluding hydrogens is 417 g/mol. The highest BCUT2D eigenvalue weighted by atomic mass is 19.1. The predicted molar refractivity (Wildman–Crippen MR) is 126 cm³/mol. The monoisotopic (exact) mass is 447 g/mol. The van der Waals surface area contributed by atoms with Crippen molar-refractivity contribution >= 4 is 5.91 Å². The van der Waals surface area contributed by atoms with Crippen molar-refractivity contribution in [3.8, 4) is 5.69 Å². The van der Waals surface area contributed by atoms with Gasteiger partial charge < -0.3 is 10.2 Å². The molecule has 33 heavy (non-hydrogen) atoms. The third-order valence-electron chi connectivity index (χ3n) is 6.77. The maximum Gasteiger partial charge on any atom is 0.272 e. The minimum Gasteiger partial charge on any atom is -0.343 e. The second kappa shape index (κ2) is 9.45. The van der Waals surface area contributed by atoms with Crippen molar-refractivity contribution in [1.82, 2.24) is 24.9 Å². The van der Waals surface area contributed by atoms with Crippen molar-refractivity contribution in [3.63, 3.8) is 0 Å². The molecule has 5 rings (SSSR count). The maximum absolute atomic E-state index is 14.5. The number of fused-ring (bicyclic) bond motifs is 1. The van der Waals surface area contributed by atoms with Gasteiger partial charge in [0.05, 0.1) is 6.04 Å². The Morgan fingerprint density at radius 3 is 2.52 bits per heavy atom. The Hall–Kier alpha value is -3.03. The van der Waals surface area contributed by atoms with E-state index in [0.717, 1.165) is 68.8 Å². The van der Waals surface area contributed by atoms with Gasteiger partial charge in [0.15, 0.2) is 5.69 Å². The van der Waals surface area contributed by atoms with Crippen LogP contribution >= 0.6 is 0 Å². The zero-order valence-corrected chi connectivity index (χ0v) is 19.0. The number of nitrogens with one attached hydrogen (secondary N) is 1. The number of hydrogen-bond acceptors (Lipinski definition) is 4. The lowest BCUT2D eigenvalue weighted by molar-refractivity contribution is 0.0901. The number of halogens is 1. The lowest BCUT2D eigenvalue weighted by Gasteiger charge is -2.35. The van der Waals surface area contributed by atoms with Gasteiger partial charge in [0.1, 0.15) is 11.5 Å². The summed E-state index contributed by atoms with van der Waals surface area (Å²) < 4.78 is 16.1. The van der Waals surface area contributed by atoms with Crippen molar-refractivity contribution in [2.24, 2.45) is 0 Å². The molecule has 0 bridgehead atoms. The number of likely N-dealkylation sites (N-methyl/N-ethyl adjacent to an activating group) is 1. The van der Waals surface area contributed by atoms with E-state index in [1.165, 1.54) is 6.07 Å². The van der Waals surface area contributed by atoms with Crippen LogP contribution in [0.2, 0.25) is 0 Å². The van der Waals surface area contributed by atoms with E-state index in [-0.39, 0.29) is 17.8 Å². The largest absolute Gasteiger partial charge is 0.343 e. The molecule has 0 spiro atoms. The molecule has 2 aromatic carbocycles. The molecule has 1 aliphatic heterocycles. The van der Waals surface area contributed by atoms with E-state index in [9.17, 15) is 9.18 Å². The first kappa shape index (κ1) is 21.8. The van der Waals surface area contributed by atoms with Gasteiger partial charge in [0.25, 0.3) is 5.91 Å². The minimum absolute atomic E-state index is 0.141. The molecule has 172 valence electrons. The highest BCUT2D eigenvalue weighted by Crippen LogP contribution is 2.29. The van der Waals surface area contributed by atoms with Crippen LogP contribution in [0.15, 0.2) is 54.6 Å². The van der Waals surface area contributed by atoms with E-state index in [0.29, 0.717) is 11.4 Å². The van der Waals surface area contributed by atoms with Crippen molar-refractivity contribution in [2.45, 2.75) is 25.3 Å². The summed E-state index contributed by atoms with van der Waals surface area (Å²) in [5, 5.41) is 7.86.